The molecule has 1 heteroatoms. The van der Waals surface area contributed by atoms with E-state index in [9.17, 15) is 5.11 Å². The minimum Gasteiger partial charge on any atom is -0.393 e. The molecule has 0 heterocycles. The van der Waals surface area contributed by atoms with Crippen molar-refractivity contribution in [2.45, 2.75) is 78.2 Å². The van der Waals surface area contributed by atoms with Crippen LogP contribution in [-0.4, -0.2) is 11.2 Å². The van der Waals surface area contributed by atoms with Crippen LogP contribution in [0.2, 0.25) is 0 Å². The lowest BCUT2D eigenvalue weighted by Crippen LogP contribution is -2.55. The second-order valence-corrected chi connectivity index (χ2v) is 8.62. The Labute approximate surface area is 112 Å². The Morgan fingerprint density at radius 2 is 1.67 bits per heavy atom. The predicted octanol–water partition coefficient (Wildman–Crippen LogP) is 4.39. The number of aliphatic hydroxyl groups excluding tert-OH is 1. The van der Waals surface area contributed by atoms with Gasteiger partial charge in [-0.25, -0.2) is 0 Å². The molecule has 0 aromatic rings. The maximum Gasteiger partial charge on any atom is 0.0596 e. The Morgan fingerprint density at radius 1 is 1.06 bits per heavy atom. The van der Waals surface area contributed by atoms with Crippen LogP contribution in [-0.2, 0) is 0 Å². The van der Waals surface area contributed by atoms with Gasteiger partial charge in [0.2, 0.25) is 0 Å². The first-order valence-corrected chi connectivity index (χ1v) is 8.09. The molecule has 1 nitrogen and oxygen atoms in total. The summed E-state index contributed by atoms with van der Waals surface area (Å²) in [5, 5.41) is 10.8. The summed E-state index contributed by atoms with van der Waals surface area (Å²) in [5.74, 6) is 2.60. The van der Waals surface area contributed by atoms with E-state index in [1.807, 2.05) is 0 Å². The second kappa shape index (κ2) is 4.23. The highest BCUT2D eigenvalue weighted by atomic mass is 16.3. The van der Waals surface area contributed by atoms with E-state index < -0.39 is 0 Å². The zero-order chi connectivity index (χ0) is 13.0. The molecule has 18 heavy (non-hydrogen) atoms. The normalized spacial score (nSPS) is 47.8. The fourth-order valence-electron chi connectivity index (χ4n) is 5.99. The molecular weight excluding hydrogens is 220 g/mol. The van der Waals surface area contributed by atoms with Crippen LogP contribution in [0.4, 0.5) is 0 Å². The van der Waals surface area contributed by atoms with Crippen molar-refractivity contribution in [1.29, 1.82) is 0 Å². The lowest BCUT2D eigenvalue weighted by Gasteiger charge is -2.62. The Morgan fingerprint density at radius 3 is 2.17 bits per heavy atom. The molecule has 3 atom stereocenters. The van der Waals surface area contributed by atoms with Gasteiger partial charge in [-0.05, 0) is 80.0 Å². The minimum absolute atomic E-state index is 0.0230. The molecule has 4 saturated carbocycles. The summed E-state index contributed by atoms with van der Waals surface area (Å²) in [6, 6.07) is 0. The lowest BCUT2D eigenvalue weighted by atomic mass is 9.43. The maximum absolute atomic E-state index is 10.8. The van der Waals surface area contributed by atoms with Crippen LogP contribution in [0.1, 0.15) is 72.1 Å². The van der Waals surface area contributed by atoms with Crippen molar-refractivity contribution in [2.24, 2.45) is 28.6 Å². The molecule has 4 rings (SSSR count). The van der Waals surface area contributed by atoms with E-state index in [0.29, 0.717) is 10.8 Å². The zero-order valence-electron chi connectivity index (χ0n) is 12.4. The molecule has 1 N–H and O–H groups in total. The van der Waals surface area contributed by atoms with Crippen LogP contribution in [0.15, 0.2) is 0 Å². The second-order valence-electron chi connectivity index (χ2n) is 8.62. The average Bonchev–Trinajstić information content (AvgIpc) is 2.22. The summed E-state index contributed by atoms with van der Waals surface area (Å²) in [6.07, 6.45) is 10.5. The zero-order valence-corrected chi connectivity index (χ0v) is 12.4. The number of hydrogen-bond donors (Lipinski definition) is 1. The summed E-state index contributed by atoms with van der Waals surface area (Å²) in [7, 11) is 0. The van der Waals surface area contributed by atoms with Crippen LogP contribution in [0, 0.1) is 28.6 Å². The number of aliphatic hydroxyl groups is 1. The minimum atomic E-state index is -0.0230. The van der Waals surface area contributed by atoms with Crippen molar-refractivity contribution in [2.75, 3.05) is 0 Å². The average molecular weight is 250 g/mol. The van der Waals surface area contributed by atoms with Crippen molar-refractivity contribution in [3.63, 3.8) is 0 Å². The molecule has 4 aliphatic carbocycles. The number of rotatable bonds is 4. The summed E-state index contributed by atoms with van der Waals surface area (Å²) < 4.78 is 0. The summed E-state index contributed by atoms with van der Waals surface area (Å²) >= 11 is 0. The van der Waals surface area contributed by atoms with Gasteiger partial charge in [-0.15, -0.1) is 0 Å². The first kappa shape index (κ1) is 13.0. The molecule has 0 aromatic heterocycles. The highest BCUT2D eigenvalue weighted by Crippen LogP contribution is 2.66. The van der Waals surface area contributed by atoms with E-state index >= 15 is 0 Å². The molecule has 4 fully saturated rings. The van der Waals surface area contributed by atoms with Gasteiger partial charge < -0.3 is 5.11 Å². The van der Waals surface area contributed by atoms with E-state index in [-0.39, 0.29) is 6.10 Å². The highest BCUT2D eigenvalue weighted by Gasteiger charge is 2.57. The van der Waals surface area contributed by atoms with Crippen LogP contribution < -0.4 is 0 Å². The van der Waals surface area contributed by atoms with Crippen molar-refractivity contribution >= 4 is 0 Å². The van der Waals surface area contributed by atoms with Gasteiger partial charge in [-0.1, -0.05) is 20.8 Å². The number of hydrogen-bond acceptors (Lipinski definition) is 1. The third-order valence-electron chi connectivity index (χ3n) is 6.12. The Kier molecular flexibility index (Phi) is 3.05. The van der Waals surface area contributed by atoms with Gasteiger partial charge in [0.05, 0.1) is 6.10 Å². The predicted molar refractivity (Wildman–Crippen MR) is 75.3 cm³/mol. The van der Waals surface area contributed by atoms with Gasteiger partial charge >= 0.3 is 0 Å². The molecule has 104 valence electrons. The fourth-order valence-corrected chi connectivity index (χ4v) is 5.99. The quantitative estimate of drug-likeness (QED) is 0.784. The van der Waals surface area contributed by atoms with Crippen molar-refractivity contribution in [1.82, 2.24) is 0 Å². The van der Waals surface area contributed by atoms with Gasteiger partial charge in [0.1, 0.15) is 0 Å². The smallest absolute Gasteiger partial charge is 0.0596 e. The summed E-state index contributed by atoms with van der Waals surface area (Å²) in [5.41, 5.74) is 0.886. The molecular formula is C17H30O. The Bertz CT molecular complexity index is 306. The van der Waals surface area contributed by atoms with Gasteiger partial charge in [-0.3, -0.25) is 0 Å². The monoisotopic (exact) mass is 250 g/mol. The van der Waals surface area contributed by atoms with Gasteiger partial charge in [-0.2, -0.15) is 0 Å². The first-order valence-electron chi connectivity index (χ1n) is 8.09. The first-order chi connectivity index (χ1) is 8.41. The molecule has 0 aliphatic heterocycles. The standard InChI is InChI=1S/C17H30O/c1-12(2)4-5-15(18)17-9-13-6-14(10-17)8-16(3,7-13)11-17/h12-15,18H,4-11H2,1-3H3. The maximum atomic E-state index is 10.8. The van der Waals surface area contributed by atoms with Gasteiger partial charge in [0.25, 0.3) is 0 Å². The summed E-state index contributed by atoms with van der Waals surface area (Å²) in [4.78, 5) is 0. The van der Waals surface area contributed by atoms with Crippen LogP contribution >= 0.6 is 0 Å². The van der Waals surface area contributed by atoms with E-state index in [1.54, 1.807) is 0 Å². The van der Waals surface area contributed by atoms with E-state index in [4.69, 9.17) is 0 Å². The highest BCUT2D eigenvalue weighted by molar-refractivity contribution is 5.08. The molecule has 0 aromatic carbocycles. The van der Waals surface area contributed by atoms with Crippen molar-refractivity contribution < 1.29 is 5.11 Å². The molecule has 4 bridgehead atoms. The fraction of sp³-hybridized carbons (Fsp3) is 1.00. The molecule has 3 unspecified atom stereocenters. The third kappa shape index (κ3) is 2.13. The molecule has 0 saturated heterocycles. The topological polar surface area (TPSA) is 20.2 Å². The molecule has 0 radical (unpaired) electrons. The van der Waals surface area contributed by atoms with Crippen LogP contribution in [0.3, 0.4) is 0 Å². The van der Waals surface area contributed by atoms with E-state index in [2.05, 4.69) is 20.8 Å². The molecule has 4 aliphatic rings. The van der Waals surface area contributed by atoms with E-state index in [0.717, 1.165) is 24.2 Å². The largest absolute Gasteiger partial charge is 0.393 e. The van der Waals surface area contributed by atoms with Crippen molar-refractivity contribution in [3.8, 4) is 0 Å². The molecule has 0 amide bonds. The summed E-state index contributed by atoms with van der Waals surface area (Å²) in [6.45, 7) is 7.04. The van der Waals surface area contributed by atoms with Crippen molar-refractivity contribution in [3.05, 3.63) is 0 Å². The van der Waals surface area contributed by atoms with Crippen LogP contribution in [0.25, 0.3) is 0 Å². The van der Waals surface area contributed by atoms with Crippen LogP contribution in [0.5, 0.6) is 0 Å². The van der Waals surface area contributed by atoms with E-state index in [1.165, 1.54) is 44.9 Å². The Hall–Kier alpha value is -0.0400. The lowest BCUT2D eigenvalue weighted by molar-refractivity contribution is -0.155. The van der Waals surface area contributed by atoms with Gasteiger partial charge in [0.15, 0.2) is 0 Å². The molecule has 0 spiro atoms. The third-order valence-corrected chi connectivity index (χ3v) is 6.12. The van der Waals surface area contributed by atoms with Gasteiger partial charge in [0, 0.05) is 0 Å². The Balaban J connectivity index is 1.74. The SMILES string of the molecule is CC(C)CCC(O)C12CC3CC(CC(C)(C3)C1)C2.